The van der Waals surface area contributed by atoms with Crippen molar-refractivity contribution in [2.45, 2.75) is 77.3 Å². The van der Waals surface area contributed by atoms with Crippen LogP contribution in [0.15, 0.2) is 60.7 Å². The van der Waals surface area contributed by atoms with E-state index in [4.69, 9.17) is 0 Å². The average Bonchev–Trinajstić information content (AvgIpc) is 3.47. The molecule has 3 aromatic carbocycles. The van der Waals surface area contributed by atoms with Gasteiger partial charge in [0, 0.05) is 81.6 Å². The summed E-state index contributed by atoms with van der Waals surface area (Å²) in [5.41, 5.74) is 8.20. The summed E-state index contributed by atoms with van der Waals surface area (Å²) < 4.78 is 0. The van der Waals surface area contributed by atoms with Crippen LogP contribution in [-0.4, -0.2) is 84.5 Å². The highest BCUT2D eigenvalue weighted by Gasteiger charge is 2.39. The topological polar surface area (TPSA) is 96.4 Å². The number of imide groups is 1. The van der Waals surface area contributed by atoms with E-state index in [-0.39, 0.29) is 24.1 Å². The quantitative estimate of drug-likeness (QED) is 0.281. The number of nitrogens with zero attached hydrogens (tertiary/aromatic N) is 4. The van der Waals surface area contributed by atoms with Gasteiger partial charge in [-0.2, -0.15) is 0 Å². The van der Waals surface area contributed by atoms with Gasteiger partial charge in [0.2, 0.25) is 11.8 Å². The molecule has 3 aromatic rings. The second-order valence-electron chi connectivity index (χ2n) is 16.3. The monoisotopic (exact) mass is 703 g/mol. The fourth-order valence-electron chi connectivity index (χ4n) is 9.76. The Bertz CT molecular complexity index is 1810. The van der Waals surface area contributed by atoms with E-state index in [1.54, 1.807) is 4.90 Å². The second-order valence-corrected chi connectivity index (χ2v) is 16.3. The number of anilines is 2. The number of piperidine rings is 2. The summed E-state index contributed by atoms with van der Waals surface area (Å²) in [4.78, 5) is 46.4. The van der Waals surface area contributed by atoms with E-state index >= 15 is 0 Å². The third-order valence-electron chi connectivity index (χ3n) is 12.5. The number of fused-ring (bicyclic) bond motifs is 2. The Kier molecular flexibility index (Phi) is 9.72. The van der Waals surface area contributed by atoms with Crippen molar-refractivity contribution in [3.63, 3.8) is 0 Å². The fourth-order valence-corrected chi connectivity index (χ4v) is 9.76. The van der Waals surface area contributed by atoms with Crippen molar-refractivity contribution in [1.82, 2.24) is 15.1 Å². The number of rotatable bonds is 8. The molecule has 1 aliphatic carbocycles. The maximum absolute atomic E-state index is 13.1. The van der Waals surface area contributed by atoms with Crippen LogP contribution in [0.25, 0.3) is 0 Å². The Balaban J connectivity index is 0.825. The number of hydrogen-bond acceptors (Lipinski definition) is 7. The highest BCUT2D eigenvalue weighted by molar-refractivity contribution is 6.05. The lowest BCUT2D eigenvalue weighted by Crippen LogP contribution is -2.52. The predicted octanol–water partition coefficient (Wildman–Crippen LogP) is 5.93. The molecule has 0 bridgehead atoms. The summed E-state index contributed by atoms with van der Waals surface area (Å²) in [7, 11) is 0. The van der Waals surface area contributed by atoms with Gasteiger partial charge in [-0.25, -0.2) is 0 Å². The third kappa shape index (κ3) is 7.04. The number of carbonyl (C=O) groups excluding carboxylic acids is 3. The molecule has 3 atom stereocenters. The second kappa shape index (κ2) is 14.6. The number of carbonyl (C=O) groups is 3. The van der Waals surface area contributed by atoms with Crippen LogP contribution >= 0.6 is 0 Å². The van der Waals surface area contributed by atoms with Gasteiger partial charge in [-0.1, -0.05) is 32.0 Å². The Morgan fingerprint density at radius 1 is 0.769 bits per heavy atom. The van der Waals surface area contributed by atoms with Gasteiger partial charge in [0.05, 0.1) is 0 Å². The van der Waals surface area contributed by atoms with Gasteiger partial charge >= 0.3 is 0 Å². The molecule has 3 amide bonds. The van der Waals surface area contributed by atoms with E-state index < -0.39 is 6.04 Å². The van der Waals surface area contributed by atoms with Crippen molar-refractivity contribution in [3.8, 4) is 5.75 Å². The molecular weight excluding hydrogens is 651 g/mol. The minimum absolute atomic E-state index is 0.118. The minimum atomic E-state index is -0.581. The number of piperazine rings is 1. The minimum Gasteiger partial charge on any atom is -0.508 e. The Morgan fingerprint density at radius 2 is 1.50 bits per heavy atom. The Hall–Kier alpha value is -4.37. The van der Waals surface area contributed by atoms with Crippen LogP contribution in [0.5, 0.6) is 5.75 Å². The average molecular weight is 704 g/mol. The standard InChI is InChI=1S/C43H53N5O4/c1-28(2)23-32-4-3-31-25-36(49)10-12-37(31)41(32)30-5-7-34(8-6-30)46-17-15-29(16-18-46)26-45-19-21-47(22-20-45)35-9-11-38-33(24-35)27-48(43(38)52)39-13-14-40(50)44-42(39)51/h5-12,24-25,28-29,32,39,41,49H,3-4,13-23,26-27H2,1-2H3,(H,44,50,51)/t32-,39-,41+/m0/s1. The van der Waals surface area contributed by atoms with Gasteiger partial charge in [-0.05, 0) is 121 Å². The summed E-state index contributed by atoms with van der Waals surface area (Å²) in [5.74, 6) is 2.00. The predicted molar refractivity (Wildman–Crippen MR) is 204 cm³/mol. The molecule has 3 saturated heterocycles. The van der Waals surface area contributed by atoms with E-state index in [0.29, 0.717) is 48.0 Å². The van der Waals surface area contributed by atoms with Crippen LogP contribution in [0.2, 0.25) is 0 Å². The van der Waals surface area contributed by atoms with Crippen LogP contribution in [0, 0.1) is 17.8 Å². The molecule has 3 fully saturated rings. The molecule has 0 spiro atoms. The van der Waals surface area contributed by atoms with E-state index in [2.05, 4.69) is 70.3 Å². The first-order valence-electron chi connectivity index (χ1n) is 19.6. The zero-order valence-electron chi connectivity index (χ0n) is 30.7. The zero-order chi connectivity index (χ0) is 35.9. The summed E-state index contributed by atoms with van der Waals surface area (Å²) in [5, 5.41) is 12.5. The van der Waals surface area contributed by atoms with Crippen molar-refractivity contribution >= 4 is 29.1 Å². The lowest BCUT2D eigenvalue weighted by atomic mass is 9.69. The van der Waals surface area contributed by atoms with Crippen molar-refractivity contribution in [2.75, 3.05) is 55.6 Å². The number of aromatic hydroxyl groups is 1. The van der Waals surface area contributed by atoms with E-state index in [9.17, 15) is 19.5 Å². The summed E-state index contributed by atoms with van der Waals surface area (Å²) in [6.07, 6.45) is 6.51. The van der Waals surface area contributed by atoms with Gasteiger partial charge in [-0.3, -0.25) is 24.6 Å². The Morgan fingerprint density at radius 3 is 2.23 bits per heavy atom. The lowest BCUT2D eigenvalue weighted by molar-refractivity contribution is -0.136. The van der Waals surface area contributed by atoms with Crippen molar-refractivity contribution < 1.29 is 19.5 Å². The molecule has 4 heterocycles. The number of amides is 3. The van der Waals surface area contributed by atoms with Crippen LogP contribution in [0.1, 0.15) is 90.9 Å². The van der Waals surface area contributed by atoms with Crippen molar-refractivity contribution in [2.24, 2.45) is 17.8 Å². The number of phenolic OH excluding ortho intramolecular Hbond substituents is 1. The van der Waals surface area contributed by atoms with Crippen LogP contribution in [0.4, 0.5) is 11.4 Å². The number of aryl methyl sites for hydroxylation is 1. The molecule has 9 heteroatoms. The molecule has 9 nitrogen and oxygen atoms in total. The normalized spacial score (nSPS) is 24.3. The molecule has 274 valence electrons. The molecule has 2 N–H and O–H groups in total. The van der Waals surface area contributed by atoms with Gasteiger partial charge < -0.3 is 19.8 Å². The summed E-state index contributed by atoms with van der Waals surface area (Å²) in [6, 6.07) is 20.9. The summed E-state index contributed by atoms with van der Waals surface area (Å²) >= 11 is 0. The van der Waals surface area contributed by atoms with Crippen LogP contribution in [0.3, 0.4) is 0 Å². The number of nitrogens with one attached hydrogen (secondary N) is 1. The molecule has 0 saturated carbocycles. The molecule has 52 heavy (non-hydrogen) atoms. The molecular formula is C43H53N5O4. The molecule has 0 radical (unpaired) electrons. The largest absolute Gasteiger partial charge is 0.508 e. The molecule has 8 rings (SSSR count). The molecule has 5 aliphatic rings. The first-order chi connectivity index (χ1) is 25.2. The number of hydrogen-bond donors (Lipinski definition) is 2. The van der Waals surface area contributed by atoms with E-state index in [0.717, 1.165) is 63.5 Å². The highest BCUT2D eigenvalue weighted by Crippen LogP contribution is 2.45. The maximum Gasteiger partial charge on any atom is 0.255 e. The van der Waals surface area contributed by atoms with Crippen LogP contribution < -0.4 is 15.1 Å². The Labute approximate surface area is 308 Å². The SMILES string of the molecule is CC(C)C[C@@H]1CCc2cc(O)ccc2[C@@H]1c1ccc(N2CCC(CN3CCN(c4ccc5c(c4)CN([C@H]4CCC(=O)NC4=O)C5=O)CC3)CC2)cc1. The van der Waals surface area contributed by atoms with Crippen molar-refractivity contribution in [1.29, 1.82) is 0 Å². The molecule has 4 aliphatic heterocycles. The summed E-state index contributed by atoms with van der Waals surface area (Å²) in [6.45, 7) is 12.4. The third-order valence-corrected chi connectivity index (χ3v) is 12.5. The highest BCUT2D eigenvalue weighted by atomic mass is 16.3. The first kappa shape index (κ1) is 34.7. The van der Waals surface area contributed by atoms with E-state index in [1.807, 2.05) is 24.3 Å². The number of phenols is 1. The number of benzene rings is 3. The maximum atomic E-state index is 13.1. The lowest BCUT2D eigenvalue weighted by Gasteiger charge is -2.40. The van der Waals surface area contributed by atoms with Gasteiger partial charge in [0.25, 0.3) is 5.91 Å². The zero-order valence-corrected chi connectivity index (χ0v) is 30.7. The fraction of sp³-hybridized carbons (Fsp3) is 0.512. The smallest absolute Gasteiger partial charge is 0.255 e. The van der Waals surface area contributed by atoms with Crippen LogP contribution in [-0.2, 0) is 22.6 Å². The van der Waals surface area contributed by atoms with E-state index in [1.165, 1.54) is 48.1 Å². The van der Waals surface area contributed by atoms with Gasteiger partial charge in [0.15, 0.2) is 0 Å². The molecule has 0 aromatic heterocycles. The van der Waals surface area contributed by atoms with Gasteiger partial charge in [-0.15, -0.1) is 0 Å². The van der Waals surface area contributed by atoms with Crippen molar-refractivity contribution in [3.05, 3.63) is 88.5 Å². The van der Waals surface area contributed by atoms with Gasteiger partial charge in [0.1, 0.15) is 11.8 Å². The first-order valence-corrected chi connectivity index (χ1v) is 19.6. The molecule has 0 unspecified atom stereocenters.